The molecule has 5 rings (SSSR count). The monoisotopic (exact) mass is 484 g/mol. The highest BCUT2D eigenvalue weighted by Gasteiger charge is 2.42. The Morgan fingerprint density at radius 3 is 2.40 bits per heavy atom. The molecule has 4 aromatic rings. The van der Waals surface area contributed by atoms with E-state index in [0.29, 0.717) is 22.6 Å². The van der Waals surface area contributed by atoms with Crippen molar-refractivity contribution in [2.75, 3.05) is 4.90 Å². The molecule has 0 aliphatic carbocycles. The standard InChI is InChI=1S/C27H24N4O3S/c1-17(2)18-6-10-20(11-7-18)30-26(25(29-27(30)35)22-5-3-4-16-28-22)24-15-14-23(34-24)19-8-12-21(13-9-19)31(32)33/h3-17,25-26H,1-2H3,(H,29,35)/t25-,26+/m1/s1. The summed E-state index contributed by atoms with van der Waals surface area (Å²) in [4.78, 5) is 17.2. The molecule has 176 valence electrons. The van der Waals surface area contributed by atoms with E-state index < -0.39 is 4.92 Å². The number of furan rings is 1. The van der Waals surface area contributed by atoms with Gasteiger partial charge in [0.15, 0.2) is 5.11 Å². The topological polar surface area (TPSA) is 84.4 Å². The van der Waals surface area contributed by atoms with Crippen LogP contribution in [-0.4, -0.2) is 15.0 Å². The fourth-order valence-corrected chi connectivity index (χ4v) is 4.70. The normalized spacial score (nSPS) is 17.6. The predicted octanol–water partition coefficient (Wildman–Crippen LogP) is 6.55. The molecular formula is C27H24N4O3S. The molecule has 2 aromatic carbocycles. The Labute approximate surface area is 208 Å². The summed E-state index contributed by atoms with van der Waals surface area (Å²) >= 11 is 5.78. The molecule has 0 radical (unpaired) electrons. The highest BCUT2D eigenvalue weighted by atomic mass is 32.1. The van der Waals surface area contributed by atoms with Crippen molar-refractivity contribution in [2.24, 2.45) is 0 Å². The van der Waals surface area contributed by atoms with Crippen molar-refractivity contribution in [3.8, 4) is 11.3 Å². The van der Waals surface area contributed by atoms with Crippen LogP contribution in [0, 0.1) is 10.1 Å². The van der Waals surface area contributed by atoms with Gasteiger partial charge in [-0.05, 0) is 72.2 Å². The first-order chi connectivity index (χ1) is 16.9. The smallest absolute Gasteiger partial charge is 0.269 e. The van der Waals surface area contributed by atoms with E-state index in [0.717, 1.165) is 16.9 Å². The minimum Gasteiger partial charge on any atom is -0.459 e. The van der Waals surface area contributed by atoms with Gasteiger partial charge in [-0.1, -0.05) is 32.0 Å². The number of pyridine rings is 1. The molecule has 1 N–H and O–H groups in total. The zero-order chi connectivity index (χ0) is 24.5. The Bertz CT molecular complexity index is 1350. The number of thiocarbonyl (C=S) groups is 1. The third kappa shape index (κ3) is 4.40. The van der Waals surface area contributed by atoms with Crippen molar-refractivity contribution in [1.82, 2.24) is 10.3 Å². The summed E-state index contributed by atoms with van der Waals surface area (Å²) in [6.07, 6.45) is 1.77. The Hall–Kier alpha value is -4.04. The van der Waals surface area contributed by atoms with Crippen LogP contribution in [0.3, 0.4) is 0 Å². The van der Waals surface area contributed by atoms with Gasteiger partial charge in [0.2, 0.25) is 0 Å². The number of nitrogens with zero attached hydrogens (tertiary/aromatic N) is 3. The Balaban J connectivity index is 1.55. The van der Waals surface area contributed by atoms with E-state index in [4.69, 9.17) is 16.6 Å². The van der Waals surface area contributed by atoms with E-state index in [-0.39, 0.29) is 17.8 Å². The summed E-state index contributed by atoms with van der Waals surface area (Å²) in [6.45, 7) is 4.33. The van der Waals surface area contributed by atoms with Gasteiger partial charge in [-0.3, -0.25) is 15.1 Å². The van der Waals surface area contributed by atoms with E-state index in [1.807, 2.05) is 30.3 Å². The van der Waals surface area contributed by atoms with Crippen molar-refractivity contribution in [3.63, 3.8) is 0 Å². The van der Waals surface area contributed by atoms with E-state index in [1.165, 1.54) is 17.7 Å². The molecule has 1 aliphatic rings. The molecule has 3 heterocycles. The summed E-state index contributed by atoms with van der Waals surface area (Å²) < 4.78 is 6.33. The highest BCUT2D eigenvalue weighted by molar-refractivity contribution is 7.80. The fraction of sp³-hybridized carbons (Fsp3) is 0.185. The molecule has 7 nitrogen and oxygen atoms in total. The first-order valence-electron chi connectivity index (χ1n) is 11.4. The summed E-state index contributed by atoms with van der Waals surface area (Å²) in [5.74, 6) is 1.77. The van der Waals surface area contributed by atoms with Crippen molar-refractivity contribution >= 4 is 28.7 Å². The van der Waals surface area contributed by atoms with Crippen LogP contribution in [0.5, 0.6) is 0 Å². The van der Waals surface area contributed by atoms with Crippen LogP contribution in [0.25, 0.3) is 11.3 Å². The Kier molecular flexibility index (Phi) is 6.05. The molecule has 1 fully saturated rings. The minimum absolute atomic E-state index is 0.0390. The van der Waals surface area contributed by atoms with Gasteiger partial charge in [0.05, 0.1) is 16.7 Å². The maximum Gasteiger partial charge on any atom is 0.269 e. The van der Waals surface area contributed by atoms with Crippen LogP contribution in [0.4, 0.5) is 11.4 Å². The van der Waals surface area contributed by atoms with Crippen molar-refractivity contribution in [3.05, 3.63) is 112 Å². The lowest BCUT2D eigenvalue weighted by molar-refractivity contribution is -0.384. The number of anilines is 1. The summed E-state index contributed by atoms with van der Waals surface area (Å²) in [5.41, 5.74) is 3.87. The van der Waals surface area contributed by atoms with Crippen LogP contribution in [-0.2, 0) is 0 Å². The molecule has 0 saturated carbocycles. The van der Waals surface area contributed by atoms with Crippen LogP contribution < -0.4 is 10.2 Å². The molecule has 1 aliphatic heterocycles. The lowest BCUT2D eigenvalue weighted by atomic mass is 10.0. The Morgan fingerprint density at radius 1 is 1.03 bits per heavy atom. The SMILES string of the molecule is CC(C)c1ccc(N2C(=S)N[C@H](c3ccccn3)[C@@H]2c2ccc(-c3ccc([N+](=O)[O-])cc3)o2)cc1. The zero-order valence-electron chi connectivity index (χ0n) is 19.3. The zero-order valence-corrected chi connectivity index (χ0v) is 20.1. The second-order valence-electron chi connectivity index (χ2n) is 8.75. The maximum absolute atomic E-state index is 11.0. The molecule has 2 atom stereocenters. The summed E-state index contributed by atoms with van der Waals surface area (Å²) in [6, 6.07) is 23.9. The predicted molar refractivity (Wildman–Crippen MR) is 139 cm³/mol. The average molecular weight is 485 g/mol. The first-order valence-corrected chi connectivity index (χ1v) is 11.8. The van der Waals surface area contributed by atoms with Crippen LogP contribution >= 0.6 is 12.2 Å². The number of rotatable bonds is 6. The van der Waals surface area contributed by atoms with Gasteiger partial charge in [0.1, 0.15) is 17.6 Å². The lowest BCUT2D eigenvalue weighted by Gasteiger charge is -2.26. The molecular weight excluding hydrogens is 460 g/mol. The molecule has 35 heavy (non-hydrogen) atoms. The van der Waals surface area contributed by atoms with Crippen molar-refractivity contribution in [2.45, 2.75) is 31.8 Å². The number of hydrogen-bond acceptors (Lipinski definition) is 5. The molecule has 0 spiro atoms. The van der Waals surface area contributed by atoms with Gasteiger partial charge in [0, 0.05) is 29.6 Å². The second-order valence-corrected chi connectivity index (χ2v) is 9.14. The number of aromatic nitrogens is 1. The van der Waals surface area contributed by atoms with E-state index in [2.05, 4.69) is 53.3 Å². The Morgan fingerprint density at radius 2 is 1.77 bits per heavy atom. The highest BCUT2D eigenvalue weighted by Crippen LogP contribution is 2.43. The number of non-ortho nitro benzene ring substituents is 1. The fourth-order valence-electron chi connectivity index (χ4n) is 4.36. The van der Waals surface area contributed by atoms with Gasteiger partial charge in [0.25, 0.3) is 5.69 Å². The number of nitro benzene ring substituents is 1. The minimum atomic E-state index is -0.414. The first kappa shape index (κ1) is 22.7. The third-order valence-electron chi connectivity index (χ3n) is 6.22. The van der Waals surface area contributed by atoms with Gasteiger partial charge < -0.3 is 14.6 Å². The molecule has 0 unspecified atom stereocenters. The molecule has 8 heteroatoms. The average Bonchev–Trinajstić information content (AvgIpc) is 3.49. The molecule has 0 bridgehead atoms. The second kappa shape index (κ2) is 9.31. The summed E-state index contributed by atoms with van der Waals surface area (Å²) in [5, 5.41) is 15.0. The van der Waals surface area contributed by atoms with Crippen molar-refractivity contribution < 1.29 is 9.34 Å². The molecule has 0 amide bonds. The summed E-state index contributed by atoms with van der Waals surface area (Å²) in [7, 11) is 0. The van der Waals surface area contributed by atoms with E-state index >= 15 is 0 Å². The van der Waals surface area contributed by atoms with Gasteiger partial charge in [-0.2, -0.15) is 0 Å². The van der Waals surface area contributed by atoms with Gasteiger partial charge >= 0.3 is 0 Å². The largest absolute Gasteiger partial charge is 0.459 e. The van der Waals surface area contributed by atoms with Crippen LogP contribution in [0.1, 0.15) is 48.9 Å². The lowest BCUT2D eigenvalue weighted by Crippen LogP contribution is -2.29. The molecule has 2 aromatic heterocycles. The number of hydrogen-bond donors (Lipinski definition) is 1. The van der Waals surface area contributed by atoms with Crippen molar-refractivity contribution in [1.29, 1.82) is 0 Å². The van der Waals surface area contributed by atoms with E-state index in [1.54, 1.807) is 18.3 Å². The maximum atomic E-state index is 11.0. The molecule has 1 saturated heterocycles. The van der Waals surface area contributed by atoms with E-state index in [9.17, 15) is 10.1 Å². The third-order valence-corrected chi connectivity index (χ3v) is 6.53. The number of nitro groups is 1. The number of nitrogens with one attached hydrogen (secondary N) is 1. The van der Waals surface area contributed by atoms with Gasteiger partial charge in [-0.25, -0.2) is 0 Å². The van der Waals surface area contributed by atoms with Gasteiger partial charge in [-0.15, -0.1) is 0 Å². The van der Waals surface area contributed by atoms with Crippen LogP contribution in [0.15, 0.2) is 89.5 Å². The number of benzene rings is 2. The quantitative estimate of drug-likeness (QED) is 0.189. The van der Waals surface area contributed by atoms with Crippen LogP contribution in [0.2, 0.25) is 0 Å².